The number of aryl methyl sites for hydroxylation is 1. The van der Waals surface area contributed by atoms with E-state index in [4.69, 9.17) is 9.47 Å². The molecule has 1 atom stereocenters. The lowest BCUT2D eigenvalue weighted by Crippen LogP contribution is -2.40. The highest BCUT2D eigenvalue weighted by Crippen LogP contribution is 2.23. The Morgan fingerprint density at radius 2 is 1.88 bits per heavy atom. The van der Waals surface area contributed by atoms with Crippen molar-refractivity contribution in [3.8, 4) is 0 Å². The molecular weight excluding hydrogens is 350 g/mol. The zero-order chi connectivity index (χ0) is 18.6. The van der Waals surface area contributed by atoms with Gasteiger partial charge >= 0.3 is 11.9 Å². The van der Waals surface area contributed by atoms with Crippen LogP contribution in [0.5, 0.6) is 0 Å². The van der Waals surface area contributed by atoms with E-state index in [1.807, 2.05) is 0 Å². The number of esters is 2. The molecule has 0 aliphatic carbocycles. The van der Waals surface area contributed by atoms with E-state index in [-0.39, 0.29) is 23.5 Å². The van der Waals surface area contributed by atoms with Gasteiger partial charge in [-0.15, -0.1) is 0 Å². The Morgan fingerprint density at radius 3 is 2.48 bits per heavy atom. The van der Waals surface area contributed by atoms with Gasteiger partial charge < -0.3 is 14.2 Å². The van der Waals surface area contributed by atoms with E-state index in [1.165, 1.54) is 36.5 Å². The molecule has 25 heavy (non-hydrogen) atoms. The number of ether oxygens (including phenoxy) is 3. The lowest BCUT2D eigenvalue weighted by Gasteiger charge is -2.26. The molecule has 138 valence electrons. The van der Waals surface area contributed by atoms with E-state index in [1.54, 1.807) is 6.92 Å². The number of hydrogen-bond acceptors (Lipinski definition) is 7. The summed E-state index contributed by atoms with van der Waals surface area (Å²) in [4.78, 5) is 23.6. The molecular formula is C16H21NO7S. The van der Waals surface area contributed by atoms with Gasteiger partial charge in [-0.05, 0) is 31.5 Å². The van der Waals surface area contributed by atoms with Crippen LogP contribution in [0.2, 0.25) is 0 Å². The molecule has 0 spiro atoms. The third-order valence-electron chi connectivity index (χ3n) is 3.83. The van der Waals surface area contributed by atoms with E-state index in [2.05, 4.69) is 4.74 Å². The van der Waals surface area contributed by atoms with Gasteiger partial charge in [-0.3, -0.25) is 0 Å². The van der Waals surface area contributed by atoms with Crippen molar-refractivity contribution in [1.29, 1.82) is 0 Å². The van der Waals surface area contributed by atoms with Crippen LogP contribution >= 0.6 is 0 Å². The van der Waals surface area contributed by atoms with Gasteiger partial charge in [0.1, 0.15) is 0 Å². The summed E-state index contributed by atoms with van der Waals surface area (Å²) in [5.74, 6) is -1.49. The summed E-state index contributed by atoms with van der Waals surface area (Å²) < 4.78 is 41.6. The molecule has 0 radical (unpaired) electrons. The van der Waals surface area contributed by atoms with E-state index < -0.39 is 28.1 Å². The predicted molar refractivity (Wildman–Crippen MR) is 87.7 cm³/mol. The van der Waals surface area contributed by atoms with Crippen molar-refractivity contribution in [3.63, 3.8) is 0 Å². The first kappa shape index (κ1) is 19.4. The Hall–Kier alpha value is -1.97. The van der Waals surface area contributed by atoms with Crippen LogP contribution in [0.3, 0.4) is 0 Å². The minimum atomic E-state index is -3.74. The minimum Gasteiger partial charge on any atom is -0.466 e. The summed E-state index contributed by atoms with van der Waals surface area (Å²) in [6, 6.07) is 4.26. The maximum absolute atomic E-state index is 12.8. The van der Waals surface area contributed by atoms with Gasteiger partial charge in [0.2, 0.25) is 10.0 Å². The second-order valence-corrected chi connectivity index (χ2v) is 7.47. The van der Waals surface area contributed by atoms with Crippen LogP contribution in [0, 0.1) is 6.92 Å². The second kappa shape index (κ2) is 7.94. The highest BCUT2D eigenvalue weighted by molar-refractivity contribution is 7.89. The maximum Gasteiger partial charge on any atom is 0.346 e. The number of morpholine rings is 1. The van der Waals surface area contributed by atoms with Crippen molar-refractivity contribution in [2.24, 2.45) is 0 Å². The minimum absolute atomic E-state index is 0.0366. The molecule has 1 aromatic rings. The molecule has 1 fully saturated rings. The average Bonchev–Trinajstić information content (AvgIpc) is 2.61. The Morgan fingerprint density at radius 1 is 1.24 bits per heavy atom. The summed E-state index contributed by atoms with van der Waals surface area (Å²) in [5.41, 5.74) is 0.567. The van der Waals surface area contributed by atoms with Crippen molar-refractivity contribution in [1.82, 2.24) is 4.31 Å². The Labute approximate surface area is 146 Å². The molecule has 2 rings (SSSR count). The highest BCUT2D eigenvalue weighted by Gasteiger charge is 2.29. The zero-order valence-electron chi connectivity index (χ0n) is 14.4. The van der Waals surface area contributed by atoms with Gasteiger partial charge in [0.05, 0.1) is 30.8 Å². The van der Waals surface area contributed by atoms with Crippen LogP contribution in [-0.2, 0) is 29.0 Å². The number of benzene rings is 1. The first-order chi connectivity index (χ1) is 11.8. The molecule has 1 aliphatic heterocycles. The fourth-order valence-corrected chi connectivity index (χ4v) is 4.03. The molecule has 0 saturated carbocycles. The van der Waals surface area contributed by atoms with Crippen LogP contribution in [-0.4, -0.2) is 64.2 Å². The number of carbonyl (C=O) groups excluding carboxylic acids is 2. The second-order valence-electron chi connectivity index (χ2n) is 5.57. The van der Waals surface area contributed by atoms with Crippen LogP contribution in [0.15, 0.2) is 23.1 Å². The standard InChI is InChI=1S/C16H21NO7S/c1-11-4-5-13(16(19)24-12(2)15(18)22-3)10-14(11)25(20,21)17-6-8-23-9-7-17/h4-5,10,12H,6-9H2,1-3H3. The predicted octanol–water partition coefficient (Wildman–Crippen LogP) is 0.734. The number of nitrogens with zero attached hydrogens (tertiary/aromatic N) is 1. The van der Waals surface area contributed by atoms with E-state index in [9.17, 15) is 18.0 Å². The van der Waals surface area contributed by atoms with Crippen LogP contribution in [0.25, 0.3) is 0 Å². The third kappa shape index (κ3) is 4.36. The number of carbonyl (C=O) groups is 2. The number of rotatable bonds is 5. The highest BCUT2D eigenvalue weighted by atomic mass is 32.2. The van der Waals surface area contributed by atoms with Gasteiger partial charge in [0.15, 0.2) is 6.10 Å². The fourth-order valence-electron chi connectivity index (χ4n) is 2.37. The lowest BCUT2D eigenvalue weighted by molar-refractivity contribution is -0.149. The van der Waals surface area contributed by atoms with Crippen molar-refractivity contribution in [2.75, 3.05) is 33.4 Å². The normalized spacial score (nSPS) is 16.9. The quantitative estimate of drug-likeness (QED) is 0.704. The Balaban J connectivity index is 2.28. The molecule has 1 saturated heterocycles. The summed E-state index contributed by atoms with van der Waals surface area (Å²) in [5, 5.41) is 0. The molecule has 1 unspecified atom stereocenters. The zero-order valence-corrected chi connectivity index (χ0v) is 15.2. The van der Waals surface area contributed by atoms with Crippen molar-refractivity contribution in [3.05, 3.63) is 29.3 Å². The van der Waals surface area contributed by atoms with E-state index >= 15 is 0 Å². The van der Waals surface area contributed by atoms with Gasteiger partial charge in [-0.1, -0.05) is 6.07 Å². The first-order valence-corrected chi connectivity index (χ1v) is 9.18. The van der Waals surface area contributed by atoms with Gasteiger partial charge in [-0.2, -0.15) is 4.31 Å². The van der Waals surface area contributed by atoms with Gasteiger partial charge in [0, 0.05) is 13.1 Å². The summed E-state index contributed by atoms with van der Waals surface area (Å²) in [6.45, 7) is 4.21. The van der Waals surface area contributed by atoms with Crippen LogP contribution in [0.4, 0.5) is 0 Å². The summed E-state index contributed by atoms with van der Waals surface area (Å²) in [6.07, 6.45) is -1.09. The smallest absolute Gasteiger partial charge is 0.346 e. The van der Waals surface area contributed by atoms with Crippen molar-refractivity contribution < 1.29 is 32.2 Å². The Bertz CT molecular complexity index is 754. The maximum atomic E-state index is 12.8. The number of hydrogen-bond donors (Lipinski definition) is 0. The van der Waals surface area contributed by atoms with E-state index in [0.717, 1.165) is 0 Å². The lowest BCUT2D eigenvalue weighted by atomic mass is 10.1. The molecule has 8 nitrogen and oxygen atoms in total. The van der Waals surface area contributed by atoms with Gasteiger partial charge in [0.25, 0.3) is 0 Å². The van der Waals surface area contributed by atoms with Gasteiger partial charge in [-0.25, -0.2) is 18.0 Å². The molecule has 1 aromatic carbocycles. The topological polar surface area (TPSA) is 99.2 Å². The average molecular weight is 371 g/mol. The third-order valence-corrected chi connectivity index (χ3v) is 5.87. The Kier molecular flexibility index (Phi) is 6.15. The molecule has 9 heteroatoms. The number of methoxy groups -OCH3 is 1. The summed E-state index contributed by atoms with van der Waals surface area (Å²) in [7, 11) is -2.56. The molecule has 0 amide bonds. The molecule has 0 aromatic heterocycles. The molecule has 0 N–H and O–H groups in total. The van der Waals surface area contributed by atoms with Crippen LogP contribution < -0.4 is 0 Å². The molecule has 0 bridgehead atoms. The molecule has 1 heterocycles. The SMILES string of the molecule is COC(=O)C(C)OC(=O)c1ccc(C)c(S(=O)(=O)N2CCOCC2)c1. The summed E-state index contributed by atoms with van der Waals surface area (Å²) >= 11 is 0. The largest absolute Gasteiger partial charge is 0.466 e. The van der Waals surface area contributed by atoms with E-state index in [0.29, 0.717) is 18.8 Å². The fraction of sp³-hybridized carbons (Fsp3) is 0.500. The monoisotopic (exact) mass is 371 g/mol. The van der Waals surface area contributed by atoms with Crippen LogP contribution in [0.1, 0.15) is 22.8 Å². The molecule has 1 aliphatic rings. The first-order valence-electron chi connectivity index (χ1n) is 7.74. The number of sulfonamides is 1. The van der Waals surface area contributed by atoms with Crippen molar-refractivity contribution >= 4 is 22.0 Å². The van der Waals surface area contributed by atoms with Crippen molar-refractivity contribution in [2.45, 2.75) is 24.8 Å².